The topological polar surface area (TPSA) is 41.6 Å². The number of carbonyl (C=O) groups excluding carboxylic acids is 1. The van der Waals surface area contributed by atoms with Gasteiger partial charge < -0.3 is 15.0 Å². The van der Waals surface area contributed by atoms with Crippen LogP contribution in [0.1, 0.15) is 25.3 Å². The zero-order valence-electron chi connectivity index (χ0n) is 11.9. The number of aryl methyl sites for hydroxylation is 1. The number of rotatable bonds is 6. The van der Waals surface area contributed by atoms with Crippen molar-refractivity contribution < 1.29 is 9.53 Å². The number of nitrogens with zero attached hydrogens (tertiary/aromatic N) is 1. The lowest BCUT2D eigenvalue weighted by molar-refractivity contribution is -0.117. The summed E-state index contributed by atoms with van der Waals surface area (Å²) in [4.78, 5) is 13.7. The molecule has 19 heavy (non-hydrogen) atoms. The number of carbonyl (C=O) groups is 1. The molecule has 0 bridgehead atoms. The molecule has 1 aliphatic rings. The van der Waals surface area contributed by atoms with Crippen LogP contribution in [-0.2, 0) is 4.79 Å². The highest BCUT2D eigenvalue weighted by atomic mass is 16.5. The van der Waals surface area contributed by atoms with Gasteiger partial charge in [-0.25, -0.2) is 0 Å². The monoisotopic (exact) mass is 262 g/mol. The Hall–Kier alpha value is -1.55. The fourth-order valence-electron chi connectivity index (χ4n) is 1.94. The third-order valence-electron chi connectivity index (χ3n) is 3.34. The predicted molar refractivity (Wildman–Crippen MR) is 76.8 cm³/mol. The van der Waals surface area contributed by atoms with E-state index in [4.69, 9.17) is 4.74 Å². The number of likely N-dealkylation sites (N-methyl/N-ethyl adjacent to an activating group) is 1. The number of hydrogen-bond acceptors (Lipinski definition) is 3. The van der Waals surface area contributed by atoms with Crippen molar-refractivity contribution >= 4 is 11.6 Å². The van der Waals surface area contributed by atoms with Crippen molar-refractivity contribution in [3.63, 3.8) is 0 Å². The number of hydrogen-bond donors (Lipinski definition) is 1. The number of anilines is 1. The summed E-state index contributed by atoms with van der Waals surface area (Å²) in [7, 11) is 1.81. The summed E-state index contributed by atoms with van der Waals surface area (Å²) in [5, 5.41) is 3.24. The second kappa shape index (κ2) is 6.06. The van der Waals surface area contributed by atoms with Gasteiger partial charge in [0, 0.05) is 18.8 Å². The predicted octanol–water partition coefficient (Wildman–Crippen LogP) is 2.11. The normalized spacial score (nSPS) is 14.3. The van der Waals surface area contributed by atoms with Crippen LogP contribution in [0.4, 0.5) is 5.69 Å². The molecule has 1 amide bonds. The summed E-state index contributed by atoms with van der Waals surface area (Å²) < 4.78 is 5.50. The van der Waals surface area contributed by atoms with Crippen molar-refractivity contribution in [2.45, 2.75) is 32.7 Å². The Bertz CT molecular complexity index is 455. The molecule has 1 saturated carbocycles. The largest absolute Gasteiger partial charge is 0.494 e. The van der Waals surface area contributed by atoms with Crippen LogP contribution in [0.15, 0.2) is 18.2 Å². The van der Waals surface area contributed by atoms with Crippen molar-refractivity contribution in [3.05, 3.63) is 23.8 Å². The number of nitrogens with one attached hydrogen (secondary N) is 1. The van der Waals surface area contributed by atoms with E-state index in [1.54, 1.807) is 4.90 Å². The van der Waals surface area contributed by atoms with Gasteiger partial charge in [0.05, 0.1) is 13.2 Å². The molecular formula is C15H22N2O2. The Morgan fingerprint density at radius 3 is 2.79 bits per heavy atom. The van der Waals surface area contributed by atoms with E-state index in [9.17, 15) is 4.79 Å². The van der Waals surface area contributed by atoms with E-state index in [1.165, 1.54) is 12.8 Å². The first-order chi connectivity index (χ1) is 9.11. The van der Waals surface area contributed by atoms with E-state index in [2.05, 4.69) is 5.32 Å². The van der Waals surface area contributed by atoms with Crippen LogP contribution in [0, 0.1) is 6.92 Å². The van der Waals surface area contributed by atoms with Crippen LogP contribution in [0.2, 0.25) is 0 Å². The van der Waals surface area contributed by atoms with Gasteiger partial charge >= 0.3 is 0 Å². The van der Waals surface area contributed by atoms with Crippen LogP contribution in [0.25, 0.3) is 0 Å². The van der Waals surface area contributed by atoms with E-state index in [1.807, 2.05) is 39.1 Å². The third kappa shape index (κ3) is 3.70. The van der Waals surface area contributed by atoms with Gasteiger partial charge in [-0.05, 0) is 50.5 Å². The average Bonchev–Trinajstić information content (AvgIpc) is 3.22. The zero-order valence-corrected chi connectivity index (χ0v) is 11.9. The van der Waals surface area contributed by atoms with Gasteiger partial charge in [-0.15, -0.1) is 0 Å². The van der Waals surface area contributed by atoms with Gasteiger partial charge in [-0.3, -0.25) is 4.79 Å². The van der Waals surface area contributed by atoms with Crippen molar-refractivity contribution in [3.8, 4) is 5.75 Å². The first kappa shape index (κ1) is 13.9. The number of benzene rings is 1. The van der Waals surface area contributed by atoms with E-state index < -0.39 is 0 Å². The highest BCUT2D eigenvalue weighted by Crippen LogP contribution is 2.24. The third-order valence-corrected chi connectivity index (χ3v) is 3.34. The van der Waals surface area contributed by atoms with E-state index >= 15 is 0 Å². The van der Waals surface area contributed by atoms with E-state index in [-0.39, 0.29) is 5.91 Å². The van der Waals surface area contributed by atoms with Crippen molar-refractivity contribution in [2.75, 3.05) is 25.1 Å². The first-order valence-electron chi connectivity index (χ1n) is 6.85. The van der Waals surface area contributed by atoms with Crippen LogP contribution >= 0.6 is 0 Å². The second-order valence-corrected chi connectivity index (χ2v) is 4.99. The second-order valence-electron chi connectivity index (χ2n) is 4.99. The van der Waals surface area contributed by atoms with Crippen molar-refractivity contribution in [1.82, 2.24) is 5.32 Å². The number of ether oxygens (including phenoxy) is 1. The molecule has 1 fully saturated rings. The summed E-state index contributed by atoms with van der Waals surface area (Å²) in [5.41, 5.74) is 1.96. The van der Waals surface area contributed by atoms with Gasteiger partial charge in [-0.1, -0.05) is 0 Å². The van der Waals surface area contributed by atoms with Crippen molar-refractivity contribution in [2.24, 2.45) is 0 Å². The summed E-state index contributed by atoms with van der Waals surface area (Å²) in [6, 6.07) is 6.39. The molecule has 0 heterocycles. The summed E-state index contributed by atoms with van der Waals surface area (Å²) in [5.74, 6) is 0.971. The molecule has 0 saturated heterocycles. The Balaban J connectivity index is 1.98. The lowest BCUT2D eigenvalue weighted by Gasteiger charge is -2.19. The summed E-state index contributed by atoms with van der Waals surface area (Å²) in [6.07, 6.45) is 2.39. The summed E-state index contributed by atoms with van der Waals surface area (Å²) in [6.45, 7) is 5.02. The van der Waals surface area contributed by atoms with Crippen LogP contribution < -0.4 is 15.0 Å². The highest BCUT2D eigenvalue weighted by Gasteiger charge is 2.22. The molecule has 0 aliphatic heterocycles. The molecular weight excluding hydrogens is 240 g/mol. The Labute approximate surface area is 114 Å². The minimum absolute atomic E-state index is 0.0930. The minimum atomic E-state index is 0.0930. The standard InChI is InChI=1S/C15H22N2O2/c1-4-19-14-8-7-13(9-11(14)2)17(3)15(18)10-16-12-5-6-12/h7-9,12,16H,4-6,10H2,1-3H3. The van der Waals surface area contributed by atoms with Crippen LogP contribution in [0.3, 0.4) is 0 Å². The Morgan fingerprint density at radius 2 is 2.21 bits per heavy atom. The first-order valence-corrected chi connectivity index (χ1v) is 6.85. The fraction of sp³-hybridized carbons (Fsp3) is 0.533. The van der Waals surface area contributed by atoms with Gasteiger partial charge in [0.25, 0.3) is 0 Å². The van der Waals surface area contributed by atoms with Crippen LogP contribution in [0.5, 0.6) is 5.75 Å². The van der Waals surface area contributed by atoms with E-state index in [0.717, 1.165) is 17.0 Å². The smallest absolute Gasteiger partial charge is 0.240 e. The molecule has 1 aromatic rings. The van der Waals surface area contributed by atoms with Gasteiger partial charge in [-0.2, -0.15) is 0 Å². The molecule has 0 radical (unpaired) electrons. The van der Waals surface area contributed by atoms with Gasteiger partial charge in [0.15, 0.2) is 0 Å². The molecule has 0 unspecified atom stereocenters. The molecule has 1 aliphatic carbocycles. The molecule has 104 valence electrons. The minimum Gasteiger partial charge on any atom is -0.494 e. The molecule has 0 atom stereocenters. The molecule has 4 nitrogen and oxygen atoms in total. The SMILES string of the molecule is CCOc1ccc(N(C)C(=O)CNC2CC2)cc1C. The van der Waals surface area contributed by atoms with Gasteiger partial charge in [0.2, 0.25) is 5.91 Å². The van der Waals surface area contributed by atoms with E-state index in [0.29, 0.717) is 19.2 Å². The van der Waals surface area contributed by atoms with Crippen LogP contribution in [-0.4, -0.2) is 32.1 Å². The van der Waals surface area contributed by atoms with Gasteiger partial charge in [0.1, 0.15) is 5.75 Å². The molecule has 1 aromatic carbocycles. The highest BCUT2D eigenvalue weighted by molar-refractivity contribution is 5.94. The summed E-state index contributed by atoms with van der Waals surface area (Å²) >= 11 is 0. The Kier molecular flexibility index (Phi) is 4.43. The van der Waals surface area contributed by atoms with Crippen molar-refractivity contribution in [1.29, 1.82) is 0 Å². The average molecular weight is 262 g/mol. The maximum absolute atomic E-state index is 12.0. The molecule has 2 rings (SSSR count). The zero-order chi connectivity index (χ0) is 13.8. The molecule has 0 spiro atoms. The molecule has 4 heteroatoms. The molecule has 1 N–H and O–H groups in total. The lowest BCUT2D eigenvalue weighted by Crippen LogP contribution is -2.36. The molecule has 0 aromatic heterocycles. The lowest BCUT2D eigenvalue weighted by atomic mass is 10.2. The maximum Gasteiger partial charge on any atom is 0.240 e. The quantitative estimate of drug-likeness (QED) is 0.853. The Morgan fingerprint density at radius 1 is 1.47 bits per heavy atom. The maximum atomic E-state index is 12.0. The fourth-order valence-corrected chi connectivity index (χ4v) is 1.94. The number of amides is 1.